The summed E-state index contributed by atoms with van der Waals surface area (Å²) in [5, 5.41) is 4.61. The van der Waals surface area contributed by atoms with Crippen LogP contribution in [0.3, 0.4) is 0 Å². The summed E-state index contributed by atoms with van der Waals surface area (Å²) >= 11 is 0. The van der Waals surface area contributed by atoms with Gasteiger partial charge in [-0.2, -0.15) is 5.10 Å². The molecule has 0 spiro atoms. The van der Waals surface area contributed by atoms with Crippen LogP contribution in [0.1, 0.15) is 42.1 Å². The lowest BCUT2D eigenvalue weighted by atomic mass is 10.0. The van der Waals surface area contributed by atoms with Gasteiger partial charge in [-0.15, -0.1) is 0 Å². The Morgan fingerprint density at radius 2 is 1.84 bits per heavy atom. The van der Waals surface area contributed by atoms with Crippen molar-refractivity contribution in [1.82, 2.24) is 9.78 Å². The standard InChI is InChI=1S/C16H23N3/c1-11(2)15-14(8-9-17)10-18-19(15)16-12(3)6-5-7-13(16)4/h5-7,10-11H,8-9,17H2,1-4H3. The highest BCUT2D eigenvalue weighted by Gasteiger charge is 2.17. The van der Waals surface area contributed by atoms with Crippen LogP contribution in [0.25, 0.3) is 5.69 Å². The average Bonchev–Trinajstić information content (AvgIpc) is 2.73. The molecule has 0 saturated carbocycles. The molecule has 0 saturated heterocycles. The first kappa shape index (κ1) is 13.8. The Morgan fingerprint density at radius 1 is 1.21 bits per heavy atom. The molecule has 0 atom stereocenters. The van der Waals surface area contributed by atoms with Crippen molar-refractivity contribution in [2.24, 2.45) is 5.73 Å². The molecule has 2 rings (SSSR count). The van der Waals surface area contributed by atoms with Crippen molar-refractivity contribution >= 4 is 0 Å². The van der Waals surface area contributed by atoms with Crippen LogP contribution in [0.4, 0.5) is 0 Å². The van der Waals surface area contributed by atoms with Gasteiger partial charge in [0.05, 0.1) is 17.6 Å². The third-order valence-corrected chi connectivity index (χ3v) is 3.50. The summed E-state index contributed by atoms with van der Waals surface area (Å²) in [7, 11) is 0. The Balaban J connectivity index is 2.62. The summed E-state index contributed by atoms with van der Waals surface area (Å²) in [6.07, 6.45) is 2.85. The first-order chi connectivity index (χ1) is 9.06. The molecule has 0 radical (unpaired) electrons. The van der Waals surface area contributed by atoms with Gasteiger partial charge in [-0.1, -0.05) is 32.0 Å². The van der Waals surface area contributed by atoms with E-state index >= 15 is 0 Å². The zero-order valence-electron chi connectivity index (χ0n) is 12.3. The molecule has 102 valence electrons. The molecule has 1 aromatic carbocycles. The van der Waals surface area contributed by atoms with Crippen LogP contribution in [0.15, 0.2) is 24.4 Å². The number of hydrogen-bond donors (Lipinski definition) is 1. The SMILES string of the molecule is Cc1cccc(C)c1-n1ncc(CCN)c1C(C)C. The molecule has 0 amide bonds. The van der Waals surface area contributed by atoms with Gasteiger partial charge in [-0.3, -0.25) is 0 Å². The summed E-state index contributed by atoms with van der Waals surface area (Å²) < 4.78 is 2.10. The number of nitrogens with zero attached hydrogens (tertiary/aromatic N) is 2. The second-order valence-corrected chi connectivity index (χ2v) is 5.40. The fourth-order valence-corrected chi connectivity index (χ4v) is 2.67. The average molecular weight is 257 g/mol. The van der Waals surface area contributed by atoms with E-state index in [2.05, 4.69) is 55.7 Å². The summed E-state index contributed by atoms with van der Waals surface area (Å²) in [4.78, 5) is 0. The highest BCUT2D eigenvalue weighted by Crippen LogP contribution is 2.26. The van der Waals surface area contributed by atoms with Gasteiger partial charge < -0.3 is 5.73 Å². The Kier molecular flexibility index (Phi) is 4.05. The van der Waals surface area contributed by atoms with Gasteiger partial charge in [-0.25, -0.2) is 4.68 Å². The van der Waals surface area contributed by atoms with E-state index < -0.39 is 0 Å². The van der Waals surface area contributed by atoms with Gasteiger partial charge >= 0.3 is 0 Å². The number of benzene rings is 1. The molecule has 0 aliphatic rings. The van der Waals surface area contributed by atoms with Crippen LogP contribution in [-0.2, 0) is 6.42 Å². The first-order valence-electron chi connectivity index (χ1n) is 6.89. The van der Waals surface area contributed by atoms with E-state index in [1.807, 2.05) is 6.20 Å². The van der Waals surface area contributed by atoms with Gasteiger partial charge in [0.25, 0.3) is 0 Å². The monoisotopic (exact) mass is 257 g/mol. The fraction of sp³-hybridized carbons (Fsp3) is 0.438. The molecule has 19 heavy (non-hydrogen) atoms. The van der Waals surface area contributed by atoms with Gasteiger partial charge in [0.2, 0.25) is 0 Å². The van der Waals surface area contributed by atoms with E-state index in [1.54, 1.807) is 0 Å². The molecule has 2 aromatic rings. The molecule has 3 heteroatoms. The Bertz CT molecular complexity index is 547. The van der Waals surface area contributed by atoms with Crippen LogP contribution in [0.5, 0.6) is 0 Å². The topological polar surface area (TPSA) is 43.8 Å². The van der Waals surface area contributed by atoms with Crippen LogP contribution >= 0.6 is 0 Å². The molecule has 1 heterocycles. The molecule has 0 unspecified atom stereocenters. The molecular formula is C16H23N3. The highest BCUT2D eigenvalue weighted by atomic mass is 15.3. The number of aromatic nitrogens is 2. The lowest BCUT2D eigenvalue weighted by molar-refractivity contribution is 0.719. The fourth-order valence-electron chi connectivity index (χ4n) is 2.67. The molecule has 1 aromatic heterocycles. The molecule has 2 N–H and O–H groups in total. The minimum absolute atomic E-state index is 0.433. The second-order valence-electron chi connectivity index (χ2n) is 5.40. The van der Waals surface area contributed by atoms with Crippen LogP contribution in [0, 0.1) is 13.8 Å². The molecule has 0 fully saturated rings. The van der Waals surface area contributed by atoms with Gasteiger partial charge in [0.1, 0.15) is 0 Å². The quantitative estimate of drug-likeness (QED) is 0.914. The van der Waals surface area contributed by atoms with E-state index in [9.17, 15) is 0 Å². The maximum absolute atomic E-state index is 5.70. The van der Waals surface area contributed by atoms with Crippen molar-refractivity contribution in [3.05, 3.63) is 46.8 Å². The van der Waals surface area contributed by atoms with Gasteiger partial charge in [-0.05, 0) is 49.4 Å². The van der Waals surface area contributed by atoms with E-state index in [0.29, 0.717) is 12.5 Å². The summed E-state index contributed by atoms with van der Waals surface area (Å²) in [6, 6.07) is 6.36. The molecule has 3 nitrogen and oxygen atoms in total. The number of hydrogen-bond acceptors (Lipinski definition) is 2. The normalized spacial score (nSPS) is 11.3. The summed E-state index contributed by atoms with van der Waals surface area (Å²) in [5.74, 6) is 0.433. The molecule has 0 aliphatic carbocycles. The molecule has 0 aliphatic heterocycles. The largest absolute Gasteiger partial charge is 0.330 e. The minimum atomic E-state index is 0.433. The summed E-state index contributed by atoms with van der Waals surface area (Å²) in [6.45, 7) is 9.36. The van der Waals surface area contributed by atoms with Crippen molar-refractivity contribution in [3.63, 3.8) is 0 Å². The third-order valence-electron chi connectivity index (χ3n) is 3.50. The Hall–Kier alpha value is -1.61. The van der Waals surface area contributed by atoms with Crippen molar-refractivity contribution < 1.29 is 0 Å². The number of aryl methyl sites for hydroxylation is 2. The van der Waals surface area contributed by atoms with Crippen LogP contribution in [-0.4, -0.2) is 16.3 Å². The van der Waals surface area contributed by atoms with E-state index in [0.717, 1.165) is 6.42 Å². The van der Waals surface area contributed by atoms with Crippen molar-refractivity contribution in [3.8, 4) is 5.69 Å². The van der Waals surface area contributed by atoms with E-state index in [1.165, 1.54) is 28.1 Å². The van der Waals surface area contributed by atoms with Crippen molar-refractivity contribution in [1.29, 1.82) is 0 Å². The predicted octanol–water partition coefficient (Wildman–Crippen LogP) is 3.11. The first-order valence-corrected chi connectivity index (χ1v) is 6.89. The molecule has 0 bridgehead atoms. The lowest BCUT2D eigenvalue weighted by Crippen LogP contribution is -2.10. The van der Waals surface area contributed by atoms with Crippen LogP contribution in [0.2, 0.25) is 0 Å². The number of para-hydroxylation sites is 1. The van der Waals surface area contributed by atoms with Gasteiger partial charge in [0, 0.05) is 0 Å². The van der Waals surface area contributed by atoms with Crippen molar-refractivity contribution in [2.45, 2.75) is 40.0 Å². The molecular weight excluding hydrogens is 234 g/mol. The van der Waals surface area contributed by atoms with E-state index in [4.69, 9.17) is 5.73 Å². The Morgan fingerprint density at radius 3 is 2.37 bits per heavy atom. The van der Waals surface area contributed by atoms with Crippen LogP contribution < -0.4 is 5.73 Å². The third kappa shape index (κ3) is 2.56. The minimum Gasteiger partial charge on any atom is -0.330 e. The van der Waals surface area contributed by atoms with E-state index in [-0.39, 0.29) is 0 Å². The highest BCUT2D eigenvalue weighted by molar-refractivity contribution is 5.48. The zero-order chi connectivity index (χ0) is 14.0. The summed E-state index contributed by atoms with van der Waals surface area (Å²) in [5.41, 5.74) is 12.0. The predicted molar refractivity (Wildman–Crippen MR) is 79.9 cm³/mol. The Labute approximate surface area is 115 Å². The maximum Gasteiger partial charge on any atom is 0.0707 e. The van der Waals surface area contributed by atoms with Gasteiger partial charge in [0.15, 0.2) is 0 Å². The smallest absolute Gasteiger partial charge is 0.0707 e. The maximum atomic E-state index is 5.70. The second kappa shape index (κ2) is 5.57. The zero-order valence-corrected chi connectivity index (χ0v) is 12.3. The number of nitrogens with two attached hydrogens (primary N) is 1. The number of rotatable bonds is 4. The van der Waals surface area contributed by atoms with Crippen molar-refractivity contribution in [2.75, 3.05) is 6.54 Å². The lowest BCUT2D eigenvalue weighted by Gasteiger charge is -2.16.